The molecule has 0 radical (unpaired) electrons. The van der Waals surface area contributed by atoms with E-state index in [1.807, 2.05) is 18.2 Å². The Hall–Kier alpha value is 0.0800. The smallest absolute Gasteiger partial charge is 0.0659 e. The summed E-state index contributed by atoms with van der Waals surface area (Å²) in [5, 5.41) is 2.26. The minimum Gasteiger partial charge on any atom is -0.0843 e. The molecule has 1 unspecified atom stereocenters. The van der Waals surface area contributed by atoms with E-state index in [9.17, 15) is 0 Å². The summed E-state index contributed by atoms with van der Waals surface area (Å²) >= 11 is 27.5. The van der Waals surface area contributed by atoms with Crippen molar-refractivity contribution in [3.05, 3.63) is 67.6 Å². The molecule has 0 spiro atoms. The molecule has 0 fully saturated rings. The SMILES string of the molecule is Clc1ccc(C(Br)c2ccc(Cl)c(Cl)c2)c(Cl)c1. The molecule has 0 aromatic heterocycles. The average molecular weight is 385 g/mol. The van der Waals surface area contributed by atoms with Gasteiger partial charge in [-0.1, -0.05) is 74.5 Å². The van der Waals surface area contributed by atoms with Crippen LogP contribution in [0.15, 0.2) is 36.4 Å². The third-order valence-electron chi connectivity index (χ3n) is 2.47. The minimum absolute atomic E-state index is 0.0583. The molecule has 0 N–H and O–H groups in total. The van der Waals surface area contributed by atoms with Crippen molar-refractivity contribution >= 4 is 62.3 Å². The second-order valence-electron chi connectivity index (χ2n) is 3.70. The first-order valence-electron chi connectivity index (χ1n) is 5.03. The van der Waals surface area contributed by atoms with Crippen molar-refractivity contribution in [1.82, 2.24) is 0 Å². The monoisotopic (exact) mass is 382 g/mol. The van der Waals surface area contributed by atoms with Crippen LogP contribution >= 0.6 is 62.3 Å². The normalized spacial score (nSPS) is 12.5. The summed E-state index contributed by atoms with van der Waals surface area (Å²) < 4.78 is 0. The van der Waals surface area contributed by atoms with E-state index in [0.29, 0.717) is 20.1 Å². The highest BCUT2D eigenvalue weighted by atomic mass is 79.9. The number of hydrogen-bond donors (Lipinski definition) is 0. The van der Waals surface area contributed by atoms with Crippen LogP contribution in [0.3, 0.4) is 0 Å². The Labute approximate surface area is 134 Å². The quantitative estimate of drug-likeness (QED) is 0.500. The Balaban J connectivity index is 2.41. The lowest BCUT2D eigenvalue weighted by molar-refractivity contribution is 1.18. The third kappa shape index (κ3) is 3.15. The van der Waals surface area contributed by atoms with E-state index < -0.39 is 0 Å². The second kappa shape index (κ2) is 6.02. The molecule has 0 saturated carbocycles. The lowest BCUT2D eigenvalue weighted by Crippen LogP contribution is -1.94. The Morgan fingerprint density at radius 2 is 1.50 bits per heavy atom. The first kappa shape index (κ1) is 14.5. The Kier molecular flexibility index (Phi) is 4.85. The summed E-state index contributed by atoms with van der Waals surface area (Å²) in [6, 6.07) is 10.9. The van der Waals surface area contributed by atoms with E-state index in [2.05, 4.69) is 15.9 Å². The number of alkyl halides is 1. The summed E-state index contributed by atoms with van der Waals surface area (Å²) in [6.07, 6.45) is 0. The van der Waals surface area contributed by atoms with Crippen LogP contribution in [0.2, 0.25) is 20.1 Å². The van der Waals surface area contributed by atoms with Crippen LogP contribution in [0.1, 0.15) is 16.0 Å². The molecular weight excluding hydrogens is 378 g/mol. The molecule has 0 aliphatic rings. The molecule has 0 heterocycles. The van der Waals surface area contributed by atoms with E-state index in [0.717, 1.165) is 11.1 Å². The van der Waals surface area contributed by atoms with Crippen molar-refractivity contribution in [2.24, 2.45) is 0 Å². The van der Waals surface area contributed by atoms with Crippen molar-refractivity contribution in [3.8, 4) is 0 Å². The topological polar surface area (TPSA) is 0 Å². The van der Waals surface area contributed by atoms with Gasteiger partial charge in [0.15, 0.2) is 0 Å². The Morgan fingerprint density at radius 3 is 2.11 bits per heavy atom. The molecule has 94 valence electrons. The molecule has 5 heteroatoms. The molecule has 2 aromatic carbocycles. The van der Waals surface area contributed by atoms with Gasteiger partial charge in [0.25, 0.3) is 0 Å². The largest absolute Gasteiger partial charge is 0.0843 e. The maximum Gasteiger partial charge on any atom is 0.0659 e. The van der Waals surface area contributed by atoms with Gasteiger partial charge in [0.2, 0.25) is 0 Å². The fourth-order valence-corrected chi connectivity index (χ4v) is 3.20. The van der Waals surface area contributed by atoms with Crippen LogP contribution in [0.25, 0.3) is 0 Å². The summed E-state index contributed by atoms with van der Waals surface area (Å²) in [5.41, 5.74) is 1.91. The zero-order chi connectivity index (χ0) is 13.3. The van der Waals surface area contributed by atoms with Crippen LogP contribution in [-0.2, 0) is 0 Å². The summed E-state index contributed by atoms with van der Waals surface area (Å²) in [6.45, 7) is 0. The summed E-state index contributed by atoms with van der Waals surface area (Å²) in [5.74, 6) is 0. The highest BCUT2D eigenvalue weighted by molar-refractivity contribution is 9.09. The van der Waals surface area contributed by atoms with Crippen LogP contribution in [0, 0.1) is 0 Å². The van der Waals surface area contributed by atoms with Crippen molar-refractivity contribution in [1.29, 1.82) is 0 Å². The first-order chi connectivity index (χ1) is 8.49. The van der Waals surface area contributed by atoms with E-state index >= 15 is 0 Å². The fourth-order valence-electron chi connectivity index (χ4n) is 1.56. The zero-order valence-electron chi connectivity index (χ0n) is 8.93. The van der Waals surface area contributed by atoms with Gasteiger partial charge in [-0.3, -0.25) is 0 Å². The van der Waals surface area contributed by atoms with Gasteiger partial charge >= 0.3 is 0 Å². The highest BCUT2D eigenvalue weighted by Crippen LogP contribution is 2.38. The summed E-state index contributed by atoms with van der Waals surface area (Å²) in [4.78, 5) is -0.0583. The minimum atomic E-state index is -0.0583. The lowest BCUT2D eigenvalue weighted by Gasteiger charge is -2.13. The van der Waals surface area contributed by atoms with Crippen molar-refractivity contribution in [2.45, 2.75) is 4.83 Å². The predicted molar refractivity (Wildman–Crippen MR) is 83.7 cm³/mol. The van der Waals surface area contributed by atoms with Crippen LogP contribution in [0.5, 0.6) is 0 Å². The van der Waals surface area contributed by atoms with Crippen LogP contribution in [-0.4, -0.2) is 0 Å². The third-order valence-corrected chi connectivity index (χ3v) is 4.80. The first-order valence-corrected chi connectivity index (χ1v) is 7.46. The van der Waals surface area contributed by atoms with Gasteiger partial charge in [-0.15, -0.1) is 0 Å². The van der Waals surface area contributed by atoms with Gasteiger partial charge in [-0.05, 0) is 35.4 Å². The Morgan fingerprint density at radius 1 is 0.778 bits per heavy atom. The van der Waals surface area contributed by atoms with Crippen LogP contribution in [0.4, 0.5) is 0 Å². The van der Waals surface area contributed by atoms with Gasteiger partial charge in [0.05, 0.1) is 14.9 Å². The molecule has 0 amide bonds. The van der Waals surface area contributed by atoms with E-state index in [4.69, 9.17) is 46.4 Å². The number of hydrogen-bond acceptors (Lipinski definition) is 0. The lowest BCUT2D eigenvalue weighted by atomic mass is 10.0. The highest BCUT2D eigenvalue weighted by Gasteiger charge is 2.15. The maximum atomic E-state index is 6.17. The van der Waals surface area contributed by atoms with Gasteiger partial charge in [0.1, 0.15) is 0 Å². The van der Waals surface area contributed by atoms with E-state index in [1.54, 1.807) is 18.2 Å². The van der Waals surface area contributed by atoms with Crippen molar-refractivity contribution in [2.75, 3.05) is 0 Å². The van der Waals surface area contributed by atoms with Gasteiger partial charge in [-0.2, -0.15) is 0 Å². The van der Waals surface area contributed by atoms with Gasteiger partial charge in [-0.25, -0.2) is 0 Å². The zero-order valence-corrected chi connectivity index (χ0v) is 13.5. The molecule has 0 aliphatic carbocycles. The van der Waals surface area contributed by atoms with Gasteiger partial charge in [0, 0.05) is 10.0 Å². The van der Waals surface area contributed by atoms with E-state index in [1.165, 1.54) is 0 Å². The molecule has 18 heavy (non-hydrogen) atoms. The number of rotatable bonds is 2. The molecule has 2 rings (SSSR count). The molecule has 2 aromatic rings. The van der Waals surface area contributed by atoms with Crippen molar-refractivity contribution < 1.29 is 0 Å². The molecule has 1 atom stereocenters. The average Bonchev–Trinajstić information content (AvgIpc) is 2.32. The summed E-state index contributed by atoms with van der Waals surface area (Å²) in [7, 11) is 0. The molecular formula is C13H7BrCl4. The molecule has 0 bridgehead atoms. The van der Waals surface area contributed by atoms with Gasteiger partial charge < -0.3 is 0 Å². The van der Waals surface area contributed by atoms with E-state index in [-0.39, 0.29) is 4.83 Å². The fraction of sp³-hybridized carbons (Fsp3) is 0.0769. The number of halogens is 5. The predicted octanol–water partition coefficient (Wildman–Crippen LogP) is 6.78. The van der Waals surface area contributed by atoms with Crippen molar-refractivity contribution in [3.63, 3.8) is 0 Å². The molecule has 0 aliphatic heterocycles. The molecule has 0 saturated heterocycles. The maximum absolute atomic E-state index is 6.17. The second-order valence-corrected chi connectivity index (χ2v) is 6.28. The van der Waals surface area contributed by atoms with Crippen LogP contribution < -0.4 is 0 Å². The standard InChI is InChI=1S/C13H7BrCl4/c14-13(7-1-4-10(16)12(18)5-7)9-3-2-8(15)6-11(9)17/h1-6,13H. The Bertz CT molecular complexity index is 583. The molecule has 0 nitrogen and oxygen atoms in total. The number of benzene rings is 2.